The van der Waals surface area contributed by atoms with Gasteiger partial charge >= 0.3 is 6.18 Å². The van der Waals surface area contributed by atoms with Gasteiger partial charge in [-0.25, -0.2) is 0 Å². The van der Waals surface area contributed by atoms with E-state index in [4.69, 9.17) is 0 Å². The van der Waals surface area contributed by atoms with Crippen LogP contribution >= 0.6 is 0 Å². The zero-order valence-electron chi connectivity index (χ0n) is 12.0. The molecule has 1 aromatic heterocycles. The van der Waals surface area contributed by atoms with Crippen molar-refractivity contribution in [3.05, 3.63) is 47.7 Å². The van der Waals surface area contributed by atoms with Crippen LogP contribution in [0.4, 0.5) is 13.2 Å². The van der Waals surface area contributed by atoms with E-state index in [1.807, 2.05) is 20.8 Å². The zero-order valence-corrected chi connectivity index (χ0v) is 12.0. The highest BCUT2D eigenvalue weighted by atomic mass is 19.4. The number of halogens is 3. The summed E-state index contributed by atoms with van der Waals surface area (Å²) >= 11 is 0. The lowest BCUT2D eigenvalue weighted by Crippen LogP contribution is -2.11. The molecule has 0 aliphatic rings. The predicted octanol–water partition coefficient (Wildman–Crippen LogP) is 4.77. The maximum Gasteiger partial charge on any atom is 0.416 e. The van der Waals surface area contributed by atoms with E-state index >= 15 is 0 Å². The van der Waals surface area contributed by atoms with E-state index < -0.39 is 11.7 Å². The van der Waals surface area contributed by atoms with Crippen LogP contribution in [0.5, 0.6) is 5.75 Å². The first-order valence-electron chi connectivity index (χ1n) is 6.46. The lowest BCUT2D eigenvalue weighted by molar-refractivity contribution is -0.137. The third-order valence-electron chi connectivity index (χ3n) is 3.23. The molecule has 2 aromatic rings. The van der Waals surface area contributed by atoms with Gasteiger partial charge in [0.1, 0.15) is 5.75 Å². The molecule has 21 heavy (non-hydrogen) atoms. The number of phenols is 1. The van der Waals surface area contributed by atoms with E-state index in [-0.39, 0.29) is 16.9 Å². The first-order valence-corrected chi connectivity index (χ1v) is 6.46. The number of nitrogens with zero attached hydrogens (tertiary/aromatic N) is 1. The largest absolute Gasteiger partial charge is 0.507 e. The number of pyridine rings is 1. The number of alkyl halides is 3. The summed E-state index contributed by atoms with van der Waals surface area (Å²) in [4.78, 5) is 3.95. The van der Waals surface area contributed by atoms with Gasteiger partial charge < -0.3 is 5.11 Å². The molecule has 0 spiro atoms. The molecule has 2 rings (SSSR count). The van der Waals surface area contributed by atoms with Crippen LogP contribution in [0.2, 0.25) is 0 Å². The van der Waals surface area contributed by atoms with Crippen molar-refractivity contribution >= 4 is 0 Å². The average Bonchev–Trinajstić information content (AvgIpc) is 2.37. The molecule has 0 radical (unpaired) electrons. The monoisotopic (exact) mass is 295 g/mol. The molecule has 0 fully saturated rings. The summed E-state index contributed by atoms with van der Waals surface area (Å²) in [5, 5.41) is 9.93. The third kappa shape index (κ3) is 3.35. The predicted molar refractivity (Wildman–Crippen MR) is 75.0 cm³/mol. The normalized spacial score (nSPS) is 12.5. The first-order chi connectivity index (χ1) is 9.59. The van der Waals surface area contributed by atoms with Crippen LogP contribution < -0.4 is 0 Å². The highest BCUT2D eigenvalue weighted by molar-refractivity contribution is 5.68. The smallest absolute Gasteiger partial charge is 0.416 e. The van der Waals surface area contributed by atoms with Crippen LogP contribution in [0.3, 0.4) is 0 Å². The average molecular weight is 295 g/mol. The van der Waals surface area contributed by atoms with Crippen molar-refractivity contribution in [2.45, 2.75) is 32.4 Å². The zero-order chi connectivity index (χ0) is 15.8. The summed E-state index contributed by atoms with van der Waals surface area (Å²) in [6, 6.07) is 6.78. The summed E-state index contributed by atoms with van der Waals surface area (Å²) in [5.74, 6) is -0.0881. The number of aromatic hydroxyl groups is 1. The molecule has 0 atom stereocenters. The van der Waals surface area contributed by atoms with Crippen molar-refractivity contribution in [3.8, 4) is 17.0 Å². The van der Waals surface area contributed by atoms with Crippen molar-refractivity contribution in [1.82, 2.24) is 4.98 Å². The van der Waals surface area contributed by atoms with Crippen LogP contribution in [0.15, 0.2) is 36.5 Å². The Morgan fingerprint density at radius 2 is 1.62 bits per heavy atom. The molecule has 5 heteroatoms. The Bertz CT molecular complexity index is 657. The van der Waals surface area contributed by atoms with Gasteiger partial charge in [0.15, 0.2) is 0 Å². The molecule has 0 amide bonds. The van der Waals surface area contributed by atoms with E-state index in [0.717, 1.165) is 23.9 Å². The molecule has 0 saturated carbocycles. The van der Waals surface area contributed by atoms with Gasteiger partial charge in [0.05, 0.1) is 11.3 Å². The summed E-state index contributed by atoms with van der Waals surface area (Å²) < 4.78 is 38.3. The number of aromatic nitrogens is 1. The van der Waals surface area contributed by atoms with Crippen LogP contribution in [0.1, 0.15) is 31.9 Å². The second kappa shape index (κ2) is 5.06. The van der Waals surface area contributed by atoms with Crippen LogP contribution in [-0.4, -0.2) is 10.1 Å². The molecule has 112 valence electrons. The second-order valence-corrected chi connectivity index (χ2v) is 5.91. The number of hydrogen-bond acceptors (Lipinski definition) is 2. The Kier molecular flexibility index (Phi) is 3.70. The summed E-state index contributed by atoms with van der Waals surface area (Å²) in [7, 11) is 0. The number of rotatable bonds is 1. The van der Waals surface area contributed by atoms with Crippen molar-refractivity contribution in [3.63, 3.8) is 0 Å². The van der Waals surface area contributed by atoms with Crippen molar-refractivity contribution in [1.29, 1.82) is 0 Å². The number of benzene rings is 1. The van der Waals surface area contributed by atoms with E-state index in [1.54, 1.807) is 12.1 Å². The fourth-order valence-electron chi connectivity index (χ4n) is 1.96. The van der Waals surface area contributed by atoms with E-state index in [0.29, 0.717) is 5.56 Å². The Labute approximate surface area is 121 Å². The Morgan fingerprint density at radius 1 is 0.952 bits per heavy atom. The molecule has 1 N–H and O–H groups in total. The van der Waals surface area contributed by atoms with Crippen LogP contribution in [0.25, 0.3) is 11.3 Å². The van der Waals surface area contributed by atoms with Gasteiger partial charge in [0, 0.05) is 11.8 Å². The molecular weight excluding hydrogens is 279 g/mol. The Hall–Kier alpha value is -2.04. The SMILES string of the molecule is CC(C)(C)c1ccc(O)c(-c2cc(C(F)(F)F)ccn2)c1. The molecule has 0 aliphatic carbocycles. The summed E-state index contributed by atoms with van der Waals surface area (Å²) in [6.45, 7) is 5.97. The minimum Gasteiger partial charge on any atom is -0.507 e. The summed E-state index contributed by atoms with van der Waals surface area (Å²) in [6.07, 6.45) is -3.34. The topological polar surface area (TPSA) is 33.1 Å². The number of phenolic OH excluding ortho intramolecular Hbond substituents is 1. The third-order valence-corrected chi connectivity index (χ3v) is 3.23. The van der Waals surface area contributed by atoms with Crippen molar-refractivity contribution in [2.75, 3.05) is 0 Å². The molecule has 2 nitrogen and oxygen atoms in total. The standard InChI is InChI=1S/C16H16F3NO/c1-15(2,3)10-4-5-14(21)12(8-10)13-9-11(6-7-20-13)16(17,18)19/h4-9,21H,1-3H3. The Morgan fingerprint density at radius 3 is 2.19 bits per heavy atom. The minimum absolute atomic E-state index is 0.0881. The number of hydrogen-bond donors (Lipinski definition) is 1. The molecule has 1 heterocycles. The van der Waals surface area contributed by atoms with E-state index in [1.165, 1.54) is 6.07 Å². The fourth-order valence-corrected chi connectivity index (χ4v) is 1.96. The van der Waals surface area contributed by atoms with Gasteiger partial charge in [-0.3, -0.25) is 4.98 Å². The Balaban J connectivity index is 2.57. The quantitative estimate of drug-likeness (QED) is 0.822. The van der Waals surface area contributed by atoms with E-state index in [9.17, 15) is 18.3 Å². The maximum atomic E-state index is 12.8. The highest BCUT2D eigenvalue weighted by Gasteiger charge is 2.31. The molecule has 0 saturated heterocycles. The summed E-state index contributed by atoms with van der Waals surface area (Å²) in [5.41, 5.74) is 0.355. The van der Waals surface area contributed by atoms with Crippen molar-refractivity contribution < 1.29 is 18.3 Å². The van der Waals surface area contributed by atoms with Gasteiger partial charge in [-0.05, 0) is 35.2 Å². The van der Waals surface area contributed by atoms with Gasteiger partial charge in [0.25, 0.3) is 0 Å². The molecular formula is C16H16F3NO. The molecule has 0 aliphatic heterocycles. The lowest BCUT2D eigenvalue weighted by Gasteiger charge is -2.20. The van der Waals surface area contributed by atoms with Gasteiger partial charge in [-0.15, -0.1) is 0 Å². The van der Waals surface area contributed by atoms with Crippen LogP contribution in [0, 0.1) is 0 Å². The minimum atomic E-state index is -4.44. The lowest BCUT2D eigenvalue weighted by atomic mass is 9.85. The van der Waals surface area contributed by atoms with E-state index in [2.05, 4.69) is 4.98 Å². The second-order valence-electron chi connectivity index (χ2n) is 5.91. The fraction of sp³-hybridized carbons (Fsp3) is 0.312. The van der Waals surface area contributed by atoms with Crippen LogP contribution in [-0.2, 0) is 11.6 Å². The first kappa shape index (κ1) is 15.4. The van der Waals surface area contributed by atoms with Crippen molar-refractivity contribution in [2.24, 2.45) is 0 Å². The molecule has 0 unspecified atom stereocenters. The highest BCUT2D eigenvalue weighted by Crippen LogP contribution is 2.36. The van der Waals surface area contributed by atoms with Gasteiger partial charge in [0.2, 0.25) is 0 Å². The van der Waals surface area contributed by atoms with Gasteiger partial charge in [-0.1, -0.05) is 26.8 Å². The van der Waals surface area contributed by atoms with Gasteiger partial charge in [-0.2, -0.15) is 13.2 Å². The molecule has 1 aromatic carbocycles. The molecule has 0 bridgehead atoms. The maximum absolute atomic E-state index is 12.8.